The van der Waals surface area contributed by atoms with Crippen LogP contribution in [0.1, 0.15) is 39.2 Å². The van der Waals surface area contributed by atoms with Crippen molar-refractivity contribution in [1.82, 2.24) is 15.1 Å². The van der Waals surface area contributed by atoms with E-state index < -0.39 is 45.7 Å². The van der Waals surface area contributed by atoms with Gasteiger partial charge in [-0.25, -0.2) is 13.1 Å². The monoisotopic (exact) mass is 562 g/mol. The third-order valence-corrected chi connectivity index (χ3v) is 7.54. The van der Waals surface area contributed by atoms with Crippen molar-refractivity contribution < 1.29 is 35.9 Å². The van der Waals surface area contributed by atoms with Gasteiger partial charge < -0.3 is 15.4 Å². The van der Waals surface area contributed by atoms with Crippen molar-refractivity contribution >= 4 is 27.5 Å². The molecule has 0 saturated heterocycles. The van der Waals surface area contributed by atoms with Crippen molar-refractivity contribution in [2.45, 2.75) is 37.9 Å². The van der Waals surface area contributed by atoms with Crippen LogP contribution in [-0.2, 0) is 33.0 Å². The first-order valence-corrected chi connectivity index (χ1v) is 14.1. The number of halogens is 3. The van der Waals surface area contributed by atoms with Crippen LogP contribution >= 0.6 is 0 Å². The number of carbonyl (C=O) groups is 2. The molecule has 206 valence electrons. The third kappa shape index (κ3) is 5.49. The van der Waals surface area contributed by atoms with Gasteiger partial charge in [0, 0.05) is 12.7 Å². The van der Waals surface area contributed by atoms with E-state index in [-0.39, 0.29) is 23.6 Å². The van der Waals surface area contributed by atoms with E-state index in [1.54, 1.807) is 24.3 Å². The Morgan fingerprint density at radius 2 is 1.92 bits per heavy atom. The van der Waals surface area contributed by atoms with Gasteiger partial charge in [-0.05, 0) is 55.2 Å². The Hall–Kier alpha value is -3.87. The lowest BCUT2D eigenvalue weighted by Crippen LogP contribution is -2.49. The highest BCUT2D eigenvalue weighted by atomic mass is 32.2. The largest absolute Gasteiger partial charge is 0.484 e. The van der Waals surface area contributed by atoms with Gasteiger partial charge in [-0.1, -0.05) is 23.8 Å². The highest BCUT2D eigenvalue weighted by molar-refractivity contribution is 7.91. The molecule has 2 N–H and O–H groups in total. The summed E-state index contributed by atoms with van der Waals surface area (Å²) in [7, 11) is -3.63. The van der Waals surface area contributed by atoms with Gasteiger partial charge in [-0.15, -0.1) is 0 Å². The van der Waals surface area contributed by atoms with Crippen LogP contribution in [0.5, 0.6) is 5.75 Å². The number of nitrogens with zero attached hydrogens (tertiary/aromatic N) is 2. The zero-order valence-corrected chi connectivity index (χ0v) is 21.9. The molecule has 2 aliphatic rings. The van der Waals surface area contributed by atoms with Gasteiger partial charge in [0.1, 0.15) is 22.9 Å². The molecule has 5 rings (SSSR count). The Morgan fingerprint density at radius 3 is 2.59 bits per heavy atom. The normalized spacial score (nSPS) is 18.4. The summed E-state index contributed by atoms with van der Waals surface area (Å²) in [6, 6.07) is 11.9. The number of fused-ring (bicyclic) bond motifs is 3. The molecule has 2 amide bonds. The maximum Gasteiger partial charge on any atom is 0.422 e. The van der Waals surface area contributed by atoms with Gasteiger partial charge >= 0.3 is 6.18 Å². The molecule has 0 bridgehead atoms. The Balaban J connectivity index is 1.52. The molecule has 1 aromatic heterocycles. The molecular weight excluding hydrogens is 537 g/mol. The first-order valence-electron chi connectivity index (χ1n) is 12.0. The number of aromatic nitrogens is 2. The summed E-state index contributed by atoms with van der Waals surface area (Å²) < 4.78 is 67.4. The molecule has 3 aromatic rings. The summed E-state index contributed by atoms with van der Waals surface area (Å²) in [6.45, 7) is 0.502. The zero-order valence-electron chi connectivity index (χ0n) is 21.1. The molecular formula is C26H25F3N4O5S. The second-order valence-electron chi connectivity index (χ2n) is 9.97. The SMILES string of the molecule is Cc1ccc(-n2nc3c(c2NC(=O)CS(C)(=O)=O)C(=O)N[C@]2(CCc4cc(OCC(F)(F)F)ccc42)C3)cc1. The number of ether oxygens (including phenoxy) is 1. The Labute approximate surface area is 222 Å². The van der Waals surface area contributed by atoms with Crippen LogP contribution in [0.2, 0.25) is 0 Å². The molecule has 2 heterocycles. The van der Waals surface area contributed by atoms with E-state index in [0.717, 1.165) is 22.9 Å². The number of rotatable bonds is 6. The van der Waals surface area contributed by atoms with E-state index >= 15 is 0 Å². The molecule has 0 radical (unpaired) electrons. The summed E-state index contributed by atoms with van der Waals surface area (Å²) in [5.41, 5.74) is 2.75. The Morgan fingerprint density at radius 1 is 1.21 bits per heavy atom. The Kier molecular flexibility index (Phi) is 6.44. The maximum atomic E-state index is 13.5. The lowest BCUT2D eigenvalue weighted by Gasteiger charge is -2.35. The van der Waals surface area contributed by atoms with Crippen molar-refractivity contribution in [3.8, 4) is 11.4 Å². The Bertz CT molecular complexity index is 1580. The third-order valence-electron chi connectivity index (χ3n) is 6.75. The lowest BCUT2D eigenvalue weighted by molar-refractivity contribution is -0.153. The standard InChI is InChI=1S/C26H25F3N4O5S/c1-15-3-5-17(6-4-15)33-23(30-21(34)13-39(2,36)37)22-20(32-33)12-25(31-24(22)35)10-9-16-11-18(7-8-19(16)25)38-14-26(27,28)29/h3-8,11H,9-10,12-14H2,1-2H3,(H,30,34)(H,31,35)/t25-/m1/s1. The number of hydrogen-bond acceptors (Lipinski definition) is 6. The highest BCUT2D eigenvalue weighted by Gasteiger charge is 2.47. The summed E-state index contributed by atoms with van der Waals surface area (Å²) in [6.07, 6.45) is -2.27. The number of hydrogen-bond donors (Lipinski definition) is 2. The van der Waals surface area contributed by atoms with E-state index in [2.05, 4.69) is 15.7 Å². The van der Waals surface area contributed by atoms with Gasteiger partial charge in [0.2, 0.25) is 5.91 Å². The van der Waals surface area contributed by atoms with Crippen LogP contribution in [0.25, 0.3) is 5.69 Å². The molecule has 1 aliphatic heterocycles. The zero-order chi connectivity index (χ0) is 28.2. The minimum atomic E-state index is -4.46. The molecule has 1 aliphatic carbocycles. The highest BCUT2D eigenvalue weighted by Crippen LogP contribution is 2.44. The smallest absolute Gasteiger partial charge is 0.422 e. The van der Waals surface area contributed by atoms with Gasteiger partial charge in [0.25, 0.3) is 5.91 Å². The fourth-order valence-electron chi connectivity index (χ4n) is 5.12. The van der Waals surface area contributed by atoms with Crippen molar-refractivity contribution in [3.63, 3.8) is 0 Å². The number of sulfone groups is 1. The average Bonchev–Trinajstić information content (AvgIpc) is 3.35. The van der Waals surface area contributed by atoms with Gasteiger partial charge in [-0.3, -0.25) is 9.59 Å². The molecule has 9 nitrogen and oxygen atoms in total. The molecule has 0 fully saturated rings. The van der Waals surface area contributed by atoms with Gasteiger partial charge in [0.05, 0.1) is 16.9 Å². The second-order valence-corrected chi connectivity index (χ2v) is 12.1. The predicted molar refractivity (Wildman–Crippen MR) is 136 cm³/mol. The van der Waals surface area contributed by atoms with Gasteiger partial charge in [-0.2, -0.15) is 18.3 Å². The van der Waals surface area contributed by atoms with Crippen molar-refractivity contribution in [2.24, 2.45) is 0 Å². The average molecular weight is 563 g/mol. The maximum absolute atomic E-state index is 13.5. The van der Waals surface area contributed by atoms with Crippen molar-refractivity contribution in [3.05, 3.63) is 70.4 Å². The number of benzene rings is 2. The fourth-order valence-corrected chi connectivity index (χ4v) is 5.67. The lowest BCUT2D eigenvalue weighted by atomic mass is 9.82. The molecule has 1 spiro atoms. The number of anilines is 1. The van der Waals surface area contributed by atoms with E-state index in [1.165, 1.54) is 10.7 Å². The van der Waals surface area contributed by atoms with Crippen LogP contribution in [0, 0.1) is 6.92 Å². The quantitative estimate of drug-likeness (QED) is 0.476. The number of alkyl halides is 3. The van der Waals surface area contributed by atoms with E-state index in [0.29, 0.717) is 24.2 Å². The summed E-state index contributed by atoms with van der Waals surface area (Å²) in [5, 5.41) is 10.3. The van der Waals surface area contributed by atoms with E-state index in [9.17, 15) is 31.2 Å². The number of nitrogens with one attached hydrogen (secondary N) is 2. The van der Waals surface area contributed by atoms with Crippen LogP contribution in [0.3, 0.4) is 0 Å². The molecule has 39 heavy (non-hydrogen) atoms. The second kappa shape index (κ2) is 9.40. The van der Waals surface area contributed by atoms with Crippen molar-refractivity contribution in [2.75, 3.05) is 23.9 Å². The number of amides is 2. The topological polar surface area (TPSA) is 119 Å². The van der Waals surface area contributed by atoms with Crippen LogP contribution in [0.4, 0.5) is 19.0 Å². The minimum absolute atomic E-state index is 0.0592. The first-order chi connectivity index (χ1) is 18.2. The van der Waals surface area contributed by atoms with Crippen LogP contribution in [-0.4, -0.2) is 54.8 Å². The minimum Gasteiger partial charge on any atom is -0.484 e. The molecule has 2 aromatic carbocycles. The van der Waals surface area contributed by atoms with E-state index in [4.69, 9.17) is 4.74 Å². The summed E-state index contributed by atoms with van der Waals surface area (Å²) >= 11 is 0. The molecule has 13 heteroatoms. The fraction of sp³-hybridized carbons (Fsp3) is 0.346. The molecule has 0 saturated carbocycles. The van der Waals surface area contributed by atoms with Crippen molar-refractivity contribution in [1.29, 1.82) is 0 Å². The molecule has 1 atom stereocenters. The predicted octanol–water partition coefficient (Wildman–Crippen LogP) is 3.23. The number of aryl methyl sites for hydroxylation is 2. The van der Waals surface area contributed by atoms with Crippen LogP contribution < -0.4 is 15.4 Å². The van der Waals surface area contributed by atoms with Crippen LogP contribution in [0.15, 0.2) is 42.5 Å². The number of carbonyl (C=O) groups excluding carboxylic acids is 2. The first kappa shape index (κ1) is 26.7. The van der Waals surface area contributed by atoms with Gasteiger partial charge in [0.15, 0.2) is 16.4 Å². The van der Waals surface area contributed by atoms with E-state index in [1.807, 2.05) is 19.1 Å². The summed E-state index contributed by atoms with van der Waals surface area (Å²) in [5.74, 6) is -1.93. The summed E-state index contributed by atoms with van der Waals surface area (Å²) in [4.78, 5) is 26.1. The molecule has 0 unspecified atom stereocenters.